The molecule has 2 aliphatic rings. The molecule has 2 aromatic heterocycles. The van der Waals surface area contributed by atoms with Crippen LogP contribution in [0, 0.1) is 0 Å². The molecule has 4 rings (SSSR count). The smallest absolute Gasteiger partial charge is 0.276 e. The van der Waals surface area contributed by atoms with Crippen LogP contribution in [-0.4, -0.2) is 51.0 Å². The summed E-state index contributed by atoms with van der Waals surface area (Å²) in [5.41, 5.74) is 0.468. The average Bonchev–Trinajstić information content (AvgIpc) is 3.19. The molecule has 1 amide bonds. The number of carbonyl (C=O) groups is 1. The number of hydrogen-bond acceptors (Lipinski definition) is 5. The molecule has 2 saturated heterocycles. The highest BCUT2D eigenvalue weighted by atomic mass is 35.5. The Labute approximate surface area is 145 Å². The number of hydrogen-bond donors (Lipinski definition) is 1. The van der Waals surface area contributed by atoms with E-state index in [2.05, 4.69) is 21.7 Å². The van der Waals surface area contributed by atoms with Gasteiger partial charge >= 0.3 is 0 Å². The van der Waals surface area contributed by atoms with Crippen LogP contribution in [0.15, 0.2) is 23.7 Å². The lowest BCUT2D eigenvalue weighted by Crippen LogP contribution is -2.42. The Morgan fingerprint density at radius 1 is 1.35 bits per heavy atom. The van der Waals surface area contributed by atoms with Crippen LogP contribution >= 0.6 is 23.7 Å². The van der Waals surface area contributed by atoms with Crippen molar-refractivity contribution in [3.8, 4) is 0 Å². The molecule has 2 bridgehead atoms. The maximum Gasteiger partial charge on any atom is 0.276 e. The first kappa shape index (κ1) is 16.4. The zero-order valence-electron chi connectivity index (χ0n) is 12.7. The number of nitrogens with one attached hydrogen (secondary N) is 1. The Hall–Kier alpha value is -1.44. The van der Waals surface area contributed by atoms with Crippen LogP contribution in [0.25, 0.3) is 0 Å². The Balaban J connectivity index is 0.00000156. The second-order valence-corrected chi connectivity index (χ2v) is 7.00. The quantitative estimate of drug-likeness (QED) is 0.913. The third-order valence-corrected chi connectivity index (χ3v) is 5.41. The Morgan fingerprint density at radius 2 is 2.22 bits per heavy atom. The Kier molecular flexibility index (Phi) is 4.99. The fraction of sp³-hybridized carbons (Fsp3) is 0.533. The Morgan fingerprint density at radius 3 is 3.04 bits per heavy atom. The van der Waals surface area contributed by atoms with Gasteiger partial charge in [0.1, 0.15) is 0 Å². The molecule has 2 aliphatic heterocycles. The number of amides is 1. The normalized spacial score (nSPS) is 23.4. The molecular formula is C15H20ClN5OS. The summed E-state index contributed by atoms with van der Waals surface area (Å²) in [6.07, 6.45) is 5.01. The van der Waals surface area contributed by atoms with Crippen molar-refractivity contribution >= 4 is 29.7 Å². The predicted molar refractivity (Wildman–Crippen MR) is 91.2 cm³/mol. The summed E-state index contributed by atoms with van der Waals surface area (Å²) in [5.74, 6) is 0.0358. The fourth-order valence-electron chi connectivity index (χ4n) is 3.48. The second kappa shape index (κ2) is 6.98. The van der Waals surface area contributed by atoms with Crippen molar-refractivity contribution in [2.45, 2.75) is 37.9 Å². The summed E-state index contributed by atoms with van der Waals surface area (Å²) >= 11 is 1.68. The van der Waals surface area contributed by atoms with Crippen LogP contribution in [0.1, 0.15) is 34.6 Å². The van der Waals surface area contributed by atoms with E-state index >= 15 is 0 Å². The average molecular weight is 354 g/mol. The van der Waals surface area contributed by atoms with E-state index < -0.39 is 0 Å². The van der Waals surface area contributed by atoms with Gasteiger partial charge in [-0.05, 0) is 37.3 Å². The monoisotopic (exact) mass is 353 g/mol. The van der Waals surface area contributed by atoms with E-state index in [1.54, 1.807) is 22.2 Å². The predicted octanol–water partition coefficient (Wildman–Crippen LogP) is 1.78. The summed E-state index contributed by atoms with van der Waals surface area (Å²) in [5, 5.41) is 13.7. The third kappa shape index (κ3) is 3.27. The van der Waals surface area contributed by atoms with Crippen molar-refractivity contribution in [3.05, 3.63) is 34.3 Å². The standard InChI is InChI=1S/C15H19N5OS.ClH/c21-15(20-11-3-4-12(20)8-16-6-5-11)14-10-19(18-17-14)9-13-2-1-7-22-13;/h1-2,7,10-12,16H,3-6,8-9H2;1H. The van der Waals surface area contributed by atoms with E-state index in [4.69, 9.17) is 0 Å². The van der Waals surface area contributed by atoms with E-state index in [0.29, 0.717) is 24.3 Å². The molecule has 2 atom stereocenters. The van der Waals surface area contributed by atoms with Crippen LogP contribution in [0.4, 0.5) is 0 Å². The van der Waals surface area contributed by atoms with Gasteiger partial charge in [0.25, 0.3) is 5.91 Å². The molecule has 0 aliphatic carbocycles. The van der Waals surface area contributed by atoms with Crippen molar-refractivity contribution in [1.82, 2.24) is 25.2 Å². The first-order valence-electron chi connectivity index (χ1n) is 7.77. The number of carbonyl (C=O) groups excluding carboxylic acids is 1. The molecule has 23 heavy (non-hydrogen) atoms. The maximum atomic E-state index is 12.8. The summed E-state index contributed by atoms with van der Waals surface area (Å²) in [6.45, 7) is 2.56. The molecule has 2 unspecified atom stereocenters. The number of rotatable bonds is 3. The van der Waals surface area contributed by atoms with Gasteiger partial charge in [-0.3, -0.25) is 4.79 Å². The lowest BCUT2D eigenvalue weighted by atomic mass is 10.1. The first-order valence-corrected chi connectivity index (χ1v) is 8.65. The van der Waals surface area contributed by atoms with Gasteiger partial charge in [0.2, 0.25) is 0 Å². The van der Waals surface area contributed by atoms with Crippen LogP contribution in [0.5, 0.6) is 0 Å². The minimum absolute atomic E-state index is 0. The van der Waals surface area contributed by atoms with Crippen LogP contribution in [0.2, 0.25) is 0 Å². The topological polar surface area (TPSA) is 63.1 Å². The minimum atomic E-state index is 0. The van der Waals surface area contributed by atoms with Gasteiger partial charge in [-0.2, -0.15) is 0 Å². The molecular weight excluding hydrogens is 334 g/mol. The van der Waals surface area contributed by atoms with Crippen LogP contribution in [0.3, 0.4) is 0 Å². The summed E-state index contributed by atoms with van der Waals surface area (Å²) < 4.78 is 1.75. The van der Waals surface area contributed by atoms with Gasteiger partial charge in [0.05, 0.1) is 12.7 Å². The molecule has 2 aromatic rings. The molecule has 124 valence electrons. The molecule has 1 N–H and O–H groups in total. The molecule has 8 heteroatoms. The van der Waals surface area contributed by atoms with Gasteiger partial charge in [-0.15, -0.1) is 28.8 Å². The maximum absolute atomic E-state index is 12.8. The number of fused-ring (bicyclic) bond motifs is 2. The molecule has 0 radical (unpaired) electrons. The van der Waals surface area contributed by atoms with Crippen molar-refractivity contribution in [2.75, 3.05) is 13.1 Å². The van der Waals surface area contributed by atoms with Crippen molar-refractivity contribution < 1.29 is 4.79 Å². The number of nitrogens with zero attached hydrogens (tertiary/aromatic N) is 4. The highest BCUT2D eigenvalue weighted by Crippen LogP contribution is 2.29. The molecule has 4 heterocycles. The number of aromatic nitrogens is 3. The lowest BCUT2D eigenvalue weighted by molar-refractivity contribution is 0.0674. The van der Waals surface area contributed by atoms with E-state index in [-0.39, 0.29) is 18.3 Å². The van der Waals surface area contributed by atoms with Crippen LogP contribution in [-0.2, 0) is 6.54 Å². The van der Waals surface area contributed by atoms with E-state index in [1.165, 1.54) is 4.88 Å². The molecule has 2 fully saturated rings. The zero-order valence-corrected chi connectivity index (χ0v) is 14.4. The van der Waals surface area contributed by atoms with E-state index in [0.717, 1.165) is 32.4 Å². The first-order chi connectivity index (χ1) is 10.8. The highest BCUT2D eigenvalue weighted by Gasteiger charge is 2.39. The molecule has 0 saturated carbocycles. The highest BCUT2D eigenvalue weighted by molar-refractivity contribution is 7.09. The number of thiophene rings is 1. The second-order valence-electron chi connectivity index (χ2n) is 5.97. The van der Waals surface area contributed by atoms with Crippen LogP contribution < -0.4 is 5.32 Å². The van der Waals surface area contributed by atoms with Gasteiger partial charge in [0.15, 0.2) is 5.69 Å². The van der Waals surface area contributed by atoms with Crippen molar-refractivity contribution in [2.24, 2.45) is 0 Å². The lowest BCUT2D eigenvalue weighted by Gasteiger charge is -2.26. The van der Waals surface area contributed by atoms with Crippen molar-refractivity contribution in [3.63, 3.8) is 0 Å². The SMILES string of the molecule is Cl.O=C(c1cn(Cc2cccs2)nn1)N1C2CCNCC1CC2. The minimum Gasteiger partial charge on any atom is -0.330 e. The Bertz CT molecular complexity index is 645. The van der Waals surface area contributed by atoms with Gasteiger partial charge in [0, 0.05) is 23.5 Å². The summed E-state index contributed by atoms with van der Waals surface area (Å²) in [7, 11) is 0. The van der Waals surface area contributed by atoms with E-state index in [1.807, 2.05) is 16.3 Å². The van der Waals surface area contributed by atoms with E-state index in [9.17, 15) is 4.79 Å². The fourth-order valence-corrected chi connectivity index (χ4v) is 4.18. The van der Waals surface area contributed by atoms with Gasteiger partial charge in [-0.1, -0.05) is 11.3 Å². The molecule has 0 aromatic carbocycles. The van der Waals surface area contributed by atoms with Gasteiger partial charge in [-0.25, -0.2) is 4.68 Å². The summed E-state index contributed by atoms with van der Waals surface area (Å²) in [6, 6.07) is 4.75. The molecule has 0 spiro atoms. The molecule has 6 nitrogen and oxygen atoms in total. The van der Waals surface area contributed by atoms with Gasteiger partial charge < -0.3 is 10.2 Å². The summed E-state index contributed by atoms with van der Waals surface area (Å²) in [4.78, 5) is 16.1. The number of halogens is 1. The zero-order chi connectivity index (χ0) is 14.9. The largest absolute Gasteiger partial charge is 0.330 e. The van der Waals surface area contributed by atoms with Crippen molar-refractivity contribution in [1.29, 1.82) is 0 Å². The third-order valence-electron chi connectivity index (χ3n) is 4.54.